The zero-order chi connectivity index (χ0) is 10.7. The Hall–Kier alpha value is -1.49. The summed E-state index contributed by atoms with van der Waals surface area (Å²) in [6, 6.07) is 2.10. The smallest absolute Gasteiger partial charge is 0.287 e. The van der Waals surface area contributed by atoms with Crippen molar-refractivity contribution < 1.29 is 14.0 Å². The number of halogens is 1. The fourth-order valence-electron chi connectivity index (χ4n) is 0.775. The molecule has 0 aromatic carbocycles. The van der Waals surface area contributed by atoms with Gasteiger partial charge in [-0.1, -0.05) is 0 Å². The van der Waals surface area contributed by atoms with Crippen LogP contribution in [0.4, 0.5) is 0 Å². The number of hydrogen-bond acceptors (Lipinski definition) is 3. The second kappa shape index (κ2) is 4.15. The molecule has 0 radical (unpaired) electrons. The van der Waals surface area contributed by atoms with E-state index < -0.39 is 17.9 Å². The molecule has 1 aromatic rings. The van der Waals surface area contributed by atoms with E-state index in [0.717, 1.165) is 0 Å². The molecular formula is C8H9ClN2O3. The number of nitrogens with two attached hydrogens (primary N) is 1. The summed E-state index contributed by atoms with van der Waals surface area (Å²) >= 11 is 5.47. The molecule has 5 nitrogen and oxygen atoms in total. The van der Waals surface area contributed by atoms with Crippen molar-refractivity contribution in [3.05, 3.63) is 23.1 Å². The number of carbonyl (C=O) groups is 2. The molecule has 0 fully saturated rings. The lowest BCUT2D eigenvalue weighted by molar-refractivity contribution is -0.119. The van der Waals surface area contributed by atoms with E-state index in [4.69, 9.17) is 21.8 Å². The van der Waals surface area contributed by atoms with Crippen molar-refractivity contribution in [2.75, 3.05) is 0 Å². The van der Waals surface area contributed by atoms with Crippen molar-refractivity contribution >= 4 is 23.4 Å². The van der Waals surface area contributed by atoms with Crippen LogP contribution in [-0.2, 0) is 4.79 Å². The monoisotopic (exact) mass is 216 g/mol. The molecule has 14 heavy (non-hydrogen) atoms. The molecule has 0 aliphatic carbocycles. The van der Waals surface area contributed by atoms with Gasteiger partial charge < -0.3 is 15.5 Å². The lowest BCUT2D eigenvalue weighted by Gasteiger charge is -2.07. The SMILES string of the molecule is C[C@@H](NC(=O)c1ccc(Cl)o1)C(N)=O. The van der Waals surface area contributed by atoms with Crippen molar-refractivity contribution in [2.24, 2.45) is 5.73 Å². The Labute approximate surface area is 85.2 Å². The Morgan fingerprint density at radius 2 is 2.21 bits per heavy atom. The summed E-state index contributed by atoms with van der Waals surface area (Å²) in [5, 5.41) is 2.46. The highest BCUT2D eigenvalue weighted by Gasteiger charge is 2.16. The Balaban J connectivity index is 2.63. The Kier molecular flexibility index (Phi) is 3.14. The van der Waals surface area contributed by atoms with Crippen molar-refractivity contribution in [3.8, 4) is 0 Å². The van der Waals surface area contributed by atoms with E-state index >= 15 is 0 Å². The lowest BCUT2D eigenvalue weighted by atomic mass is 10.3. The Morgan fingerprint density at radius 1 is 1.57 bits per heavy atom. The van der Waals surface area contributed by atoms with Gasteiger partial charge in [-0.25, -0.2) is 0 Å². The maximum atomic E-state index is 11.3. The molecule has 1 rings (SSSR count). The number of nitrogens with one attached hydrogen (secondary N) is 1. The lowest BCUT2D eigenvalue weighted by Crippen LogP contribution is -2.42. The predicted molar refractivity (Wildman–Crippen MR) is 49.8 cm³/mol. The first-order valence-electron chi connectivity index (χ1n) is 3.86. The van der Waals surface area contributed by atoms with Gasteiger partial charge in [0.2, 0.25) is 5.91 Å². The fourth-order valence-corrected chi connectivity index (χ4v) is 0.921. The number of rotatable bonds is 3. The molecular weight excluding hydrogens is 208 g/mol. The van der Waals surface area contributed by atoms with Crippen LogP contribution in [0.3, 0.4) is 0 Å². The van der Waals surface area contributed by atoms with Crippen LogP contribution in [0, 0.1) is 0 Å². The van der Waals surface area contributed by atoms with Gasteiger partial charge in [-0.05, 0) is 30.7 Å². The van der Waals surface area contributed by atoms with Crippen LogP contribution in [0.5, 0.6) is 0 Å². The van der Waals surface area contributed by atoms with Crippen molar-refractivity contribution in [1.29, 1.82) is 0 Å². The largest absolute Gasteiger partial charge is 0.440 e. The molecule has 3 N–H and O–H groups in total. The molecule has 1 aromatic heterocycles. The molecule has 6 heteroatoms. The minimum absolute atomic E-state index is 0.0445. The standard InChI is InChI=1S/C8H9ClN2O3/c1-4(7(10)12)11-8(13)5-2-3-6(9)14-5/h2-4H,1H3,(H2,10,12)(H,11,13)/t4-/m1/s1. The molecule has 0 saturated carbocycles. The van der Waals surface area contributed by atoms with E-state index in [1.807, 2.05) is 0 Å². The van der Waals surface area contributed by atoms with Gasteiger partial charge in [-0.2, -0.15) is 0 Å². The van der Waals surface area contributed by atoms with E-state index in [1.54, 1.807) is 0 Å². The van der Waals surface area contributed by atoms with E-state index in [-0.39, 0.29) is 11.0 Å². The number of hydrogen-bond donors (Lipinski definition) is 2. The maximum absolute atomic E-state index is 11.3. The third kappa shape index (κ3) is 2.50. The highest BCUT2D eigenvalue weighted by Crippen LogP contribution is 2.12. The van der Waals surface area contributed by atoms with Crippen LogP contribution in [0.2, 0.25) is 5.22 Å². The number of carbonyl (C=O) groups excluding carboxylic acids is 2. The first-order chi connectivity index (χ1) is 6.50. The minimum Gasteiger partial charge on any atom is -0.440 e. The van der Waals surface area contributed by atoms with Crippen LogP contribution in [0.25, 0.3) is 0 Å². The summed E-state index contributed by atoms with van der Waals surface area (Å²) in [4.78, 5) is 21.9. The molecule has 0 spiro atoms. The number of amides is 2. The number of primary amides is 1. The van der Waals surface area contributed by atoms with Crippen LogP contribution >= 0.6 is 11.6 Å². The van der Waals surface area contributed by atoms with E-state index in [1.165, 1.54) is 19.1 Å². The van der Waals surface area contributed by atoms with Gasteiger partial charge in [0.15, 0.2) is 11.0 Å². The second-order valence-corrected chi connectivity index (χ2v) is 3.07. The van der Waals surface area contributed by atoms with Gasteiger partial charge in [-0.15, -0.1) is 0 Å². The van der Waals surface area contributed by atoms with Crippen molar-refractivity contribution in [3.63, 3.8) is 0 Å². The van der Waals surface area contributed by atoms with Crippen LogP contribution in [0.1, 0.15) is 17.5 Å². The third-order valence-electron chi connectivity index (χ3n) is 1.57. The summed E-state index contributed by atoms with van der Waals surface area (Å²) in [6.45, 7) is 1.48. The van der Waals surface area contributed by atoms with Gasteiger partial charge in [0.25, 0.3) is 5.91 Å². The summed E-state index contributed by atoms with van der Waals surface area (Å²) in [5.74, 6) is -1.10. The summed E-state index contributed by atoms with van der Waals surface area (Å²) in [7, 11) is 0. The maximum Gasteiger partial charge on any atom is 0.287 e. The second-order valence-electron chi connectivity index (χ2n) is 2.70. The third-order valence-corrected chi connectivity index (χ3v) is 1.77. The quantitative estimate of drug-likeness (QED) is 0.773. The van der Waals surface area contributed by atoms with Gasteiger partial charge in [0, 0.05) is 0 Å². The average molecular weight is 217 g/mol. The first-order valence-corrected chi connectivity index (χ1v) is 4.24. The molecule has 0 bridgehead atoms. The van der Waals surface area contributed by atoms with Gasteiger partial charge >= 0.3 is 0 Å². The van der Waals surface area contributed by atoms with E-state index in [9.17, 15) is 9.59 Å². The van der Waals surface area contributed by atoms with E-state index in [0.29, 0.717) is 0 Å². The molecule has 76 valence electrons. The Morgan fingerprint density at radius 3 is 2.64 bits per heavy atom. The fraction of sp³-hybridized carbons (Fsp3) is 0.250. The van der Waals surface area contributed by atoms with Gasteiger partial charge in [0.05, 0.1) is 0 Å². The first kappa shape index (κ1) is 10.6. The summed E-state index contributed by atoms with van der Waals surface area (Å²) < 4.78 is 4.83. The highest BCUT2D eigenvalue weighted by atomic mass is 35.5. The molecule has 0 aliphatic heterocycles. The molecule has 0 unspecified atom stereocenters. The van der Waals surface area contributed by atoms with Crippen LogP contribution in [-0.4, -0.2) is 17.9 Å². The average Bonchev–Trinajstić information content (AvgIpc) is 2.51. The van der Waals surface area contributed by atoms with Crippen molar-refractivity contribution in [1.82, 2.24) is 5.32 Å². The summed E-state index contributed by atoms with van der Waals surface area (Å²) in [6.07, 6.45) is 0. The van der Waals surface area contributed by atoms with Crippen molar-refractivity contribution in [2.45, 2.75) is 13.0 Å². The topological polar surface area (TPSA) is 85.3 Å². The zero-order valence-electron chi connectivity index (χ0n) is 7.41. The Bertz CT molecular complexity index is 361. The van der Waals surface area contributed by atoms with Gasteiger partial charge in [-0.3, -0.25) is 9.59 Å². The van der Waals surface area contributed by atoms with Gasteiger partial charge in [0.1, 0.15) is 6.04 Å². The van der Waals surface area contributed by atoms with E-state index in [2.05, 4.69) is 5.32 Å². The molecule has 1 atom stereocenters. The number of furan rings is 1. The highest BCUT2D eigenvalue weighted by molar-refractivity contribution is 6.29. The molecule has 2 amide bonds. The molecule has 0 saturated heterocycles. The summed E-state index contributed by atoms with van der Waals surface area (Å²) in [5.41, 5.74) is 4.96. The van der Waals surface area contributed by atoms with Crippen LogP contribution in [0.15, 0.2) is 16.5 Å². The normalized spacial score (nSPS) is 12.1. The minimum atomic E-state index is -0.744. The molecule has 1 heterocycles. The van der Waals surface area contributed by atoms with Crippen LogP contribution < -0.4 is 11.1 Å². The zero-order valence-corrected chi connectivity index (χ0v) is 8.17. The molecule has 0 aliphatic rings. The predicted octanol–water partition coefficient (Wildman–Crippen LogP) is 0.537.